The zero-order chi connectivity index (χ0) is 15.6. The molecule has 0 saturated carbocycles. The van der Waals surface area contributed by atoms with Crippen LogP contribution in [0.4, 0.5) is 23.2 Å². The van der Waals surface area contributed by atoms with Gasteiger partial charge in [0.15, 0.2) is 0 Å². The highest BCUT2D eigenvalue weighted by Gasteiger charge is 2.41. The second-order valence-electron chi connectivity index (χ2n) is 5.02. The number of rotatable bonds is 2. The van der Waals surface area contributed by atoms with Gasteiger partial charge in [-0.15, -0.1) is 0 Å². The Kier molecular flexibility index (Phi) is 4.39. The topological polar surface area (TPSA) is 32.3 Å². The molecule has 1 aliphatic rings. The molecule has 0 radical (unpaired) electrons. The molecule has 1 amide bonds. The van der Waals surface area contributed by atoms with E-state index < -0.39 is 23.8 Å². The first-order chi connectivity index (χ1) is 9.84. The number of nitrogens with one attached hydrogen (secondary N) is 1. The van der Waals surface area contributed by atoms with Crippen molar-refractivity contribution in [1.82, 2.24) is 4.90 Å². The van der Waals surface area contributed by atoms with E-state index in [1.165, 1.54) is 30.1 Å². The lowest BCUT2D eigenvalue weighted by Gasteiger charge is -2.33. The Hall–Kier alpha value is -1.79. The van der Waals surface area contributed by atoms with Gasteiger partial charge in [0.25, 0.3) is 5.91 Å². The molecule has 1 heterocycles. The van der Waals surface area contributed by atoms with Crippen LogP contribution in [0.25, 0.3) is 0 Å². The first kappa shape index (κ1) is 15.6. The van der Waals surface area contributed by atoms with Crippen LogP contribution < -0.4 is 5.32 Å². The Morgan fingerprint density at radius 3 is 2.43 bits per heavy atom. The molecule has 2 rings (SSSR count). The van der Waals surface area contributed by atoms with Crippen molar-refractivity contribution in [2.75, 3.05) is 25.5 Å². The van der Waals surface area contributed by atoms with Crippen LogP contribution in [-0.4, -0.2) is 37.1 Å². The smallest absolute Gasteiger partial charge is 0.385 e. The van der Waals surface area contributed by atoms with Crippen molar-refractivity contribution in [1.29, 1.82) is 0 Å². The Bertz CT molecular complexity index is 522. The molecule has 0 spiro atoms. The number of hydrogen-bond acceptors (Lipinski definition) is 2. The van der Waals surface area contributed by atoms with Crippen LogP contribution in [0.15, 0.2) is 18.2 Å². The molecule has 1 aromatic carbocycles. The largest absolute Gasteiger partial charge is 0.391 e. The Balaban J connectivity index is 2.11. The summed E-state index contributed by atoms with van der Waals surface area (Å²) in [5.41, 5.74) is 0.211. The number of halogens is 4. The summed E-state index contributed by atoms with van der Waals surface area (Å²) in [7, 11) is 1.49. The first-order valence-electron chi connectivity index (χ1n) is 6.67. The third-order valence-corrected chi connectivity index (χ3v) is 3.74. The number of carbonyl (C=O) groups excluding carboxylic acids is 1. The van der Waals surface area contributed by atoms with E-state index in [9.17, 15) is 22.4 Å². The van der Waals surface area contributed by atoms with Gasteiger partial charge < -0.3 is 10.2 Å². The molecule has 1 fully saturated rings. The number of likely N-dealkylation sites (tertiary alicyclic amines) is 1. The minimum Gasteiger partial charge on any atom is -0.385 e. The summed E-state index contributed by atoms with van der Waals surface area (Å²) in [4.78, 5) is 13.7. The van der Waals surface area contributed by atoms with Crippen molar-refractivity contribution in [3.8, 4) is 0 Å². The van der Waals surface area contributed by atoms with Gasteiger partial charge in [0, 0.05) is 20.1 Å². The molecule has 0 aliphatic carbocycles. The molecule has 0 unspecified atom stereocenters. The molecule has 1 aromatic rings. The molecule has 3 nitrogen and oxygen atoms in total. The van der Waals surface area contributed by atoms with Crippen molar-refractivity contribution in [2.45, 2.75) is 19.0 Å². The van der Waals surface area contributed by atoms with E-state index in [1.807, 2.05) is 0 Å². The standard InChI is InChI=1S/C14H16F4N2O/c1-19-12-10(3-2-4-11(12)15)13(21)20-7-5-9(6-8-20)14(16,17)18/h2-4,9,19H,5-8H2,1H3. The highest BCUT2D eigenvalue weighted by atomic mass is 19.4. The summed E-state index contributed by atoms with van der Waals surface area (Å²) in [6.07, 6.45) is -4.44. The summed E-state index contributed by atoms with van der Waals surface area (Å²) in [6, 6.07) is 4.09. The Morgan fingerprint density at radius 1 is 1.29 bits per heavy atom. The average molecular weight is 304 g/mol. The molecule has 116 valence electrons. The van der Waals surface area contributed by atoms with E-state index >= 15 is 0 Å². The fourth-order valence-corrected chi connectivity index (χ4v) is 2.54. The first-order valence-corrected chi connectivity index (χ1v) is 6.67. The van der Waals surface area contributed by atoms with Gasteiger partial charge in [-0.3, -0.25) is 4.79 Å². The van der Waals surface area contributed by atoms with Crippen molar-refractivity contribution in [3.05, 3.63) is 29.6 Å². The van der Waals surface area contributed by atoms with Crippen LogP contribution in [-0.2, 0) is 0 Å². The summed E-state index contributed by atoms with van der Waals surface area (Å²) in [5.74, 6) is -2.37. The van der Waals surface area contributed by atoms with Gasteiger partial charge in [0.2, 0.25) is 0 Å². The zero-order valence-corrected chi connectivity index (χ0v) is 11.5. The van der Waals surface area contributed by atoms with Crippen molar-refractivity contribution in [3.63, 3.8) is 0 Å². The number of benzene rings is 1. The highest BCUT2D eigenvalue weighted by molar-refractivity contribution is 5.99. The number of nitrogens with zero attached hydrogens (tertiary/aromatic N) is 1. The number of hydrogen-bond donors (Lipinski definition) is 1. The predicted octanol–water partition coefficient (Wildman–Crippen LogP) is 3.28. The minimum atomic E-state index is -4.22. The summed E-state index contributed by atoms with van der Waals surface area (Å²) < 4.78 is 51.4. The number of piperidine rings is 1. The summed E-state index contributed by atoms with van der Waals surface area (Å²) >= 11 is 0. The lowest BCUT2D eigenvalue weighted by molar-refractivity contribution is -0.183. The van der Waals surface area contributed by atoms with Crippen LogP contribution in [0.5, 0.6) is 0 Å². The number of alkyl halides is 3. The van der Waals surface area contributed by atoms with E-state index in [0.717, 1.165) is 0 Å². The van der Waals surface area contributed by atoms with Crippen molar-refractivity contribution >= 4 is 11.6 Å². The number of amides is 1. The van der Waals surface area contributed by atoms with Crippen molar-refractivity contribution < 1.29 is 22.4 Å². The van der Waals surface area contributed by atoms with Crippen LogP contribution in [0.1, 0.15) is 23.2 Å². The molecule has 1 saturated heterocycles. The Morgan fingerprint density at radius 2 is 1.90 bits per heavy atom. The van der Waals surface area contributed by atoms with Gasteiger partial charge in [0.05, 0.1) is 17.2 Å². The second-order valence-corrected chi connectivity index (χ2v) is 5.02. The lowest BCUT2D eigenvalue weighted by Crippen LogP contribution is -2.42. The number of carbonyl (C=O) groups is 1. The molecule has 21 heavy (non-hydrogen) atoms. The molecule has 7 heteroatoms. The number of para-hydroxylation sites is 1. The molecular weight excluding hydrogens is 288 g/mol. The third-order valence-electron chi connectivity index (χ3n) is 3.74. The molecule has 1 N–H and O–H groups in total. The summed E-state index contributed by atoms with van der Waals surface area (Å²) in [5, 5.41) is 2.61. The van der Waals surface area contributed by atoms with Gasteiger partial charge >= 0.3 is 6.18 Å². The second kappa shape index (κ2) is 5.91. The molecule has 0 bridgehead atoms. The SMILES string of the molecule is CNc1c(F)cccc1C(=O)N1CCC(C(F)(F)F)CC1. The monoisotopic (exact) mass is 304 g/mol. The Labute approximate surface area is 119 Å². The molecule has 0 atom stereocenters. The molecule has 0 aromatic heterocycles. The average Bonchev–Trinajstić information content (AvgIpc) is 2.45. The van der Waals surface area contributed by atoms with Crippen molar-refractivity contribution in [2.24, 2.45) is 5.92 Å². The minimum absolute atomic E-state index is 0.0304. The fourth-order valence-electron chi connectivity index (χ4n) is 2.54. The van der Waals surface area contributed by atoms with Crippen LogP contribution >= 0.6 is 0 Å². The maximum atomic E-state index is 13.6. The van der Waals surface area contributed by atoms with E-state index in [0.29, 0.717) is 0 Å². The third kappa shape index (κ3) is 3.28. The molecular formula is C14H16F4N2O. The van der Waals surface area contributed by atoms with E-state index in [-0.39, 0.29) is 37.2 Å². The fraction of sp³-hybridized carbons (Fsp3) is 0.500. The van der Waals surface area contributed by atoms with Crippen LogP contribution in [0.2, 0.25) is 0 Å². The summed E-state index contributed by atoms with van der Waals surface area (Å²) in [6.45, 7) is 0.0609. The van der Waals surface area contributed by atoms with E-state index in [4.69, 9.17) is 0 Å². The molecule has 1 aliphatic heterocycles. The van der Waals surface area contributed by atoms with Gasteiger partial charge in [-0.2, -0.15) is 13.2 Å². The quantitative estimate of drug-likeness (QED) is 0.850. The van der Waals surface area contributed by atoms with Gasteiger partial charge in [-0.05, 0) is 25.0 Å². The lowest BCUT2D eigenvalue weighted by atomic mass is 9.95. The normalized spacial score (nSPS) is 16.9. The van der Waals surface area contributed by atoms with E-state index in [1.54, 1.807) is 0 Å². The van der Waals surface area contributed by atoms with E-state index in [2.05, 4.69) is 5.32 Å². The van der Waals surface area contributed by atoms with Crippen LogP contribution in [0.3, 0.4) is 0 Å². The van der Waals surface area contributed by atoms with Gasteiger partial charge in [0.1, 0.15) is 5.82 Å². The van der Waals surface area contributed by atoms with Crippen LogP contribution in [0, 0.1) is 11.7 Å². The maximum Gasteiger partial charge on any atom is 0.391 e. The van der Waals surface area contributed by atoms with Gasteiger partial charge in [-0.25, -0.2) is 4.39 Å². The highest BCUT2D eigenvalue weighted by Crippen LogP contribution is 2.34. The maximum absolute atomic E-state index is 13.6. The number of anilines is 1. The predicted molar refractivity (Wildman–Crippen MR) is 70.6 cm³/mol. The zero-order valence-electron chi connectivity index (χ0n) is 11.5. The van der Waals surface area contributed by atoms with Gasteiger partial charge in [-0.1, -0.05) is 6.07 Å².